The predicted molar refractivity (Wildman–Crippen MR) is 179 cm³/mol. The maximum Gasteiger partial charge on any atom is 0.264 e. The molecule has 0 aliphatic heterocycles. The first-order valence-corrected chi connectivity index (χ1v) is 16.6. The highest BCUT2D eigenvalue weighted by atomic mass is 32.2. The molecule has 0 spiro atoms. The van der Waals surface area contributed by atoms with Crippen molar-refractivity contribution in [1.82, 2.24) is 10.2 Å². The van der Waals surface area contributed by atoms with Gasteiger partial charge in [0.05, 0.1) is 24.8 Å². The Labute approximate surface area is 271 Å². The topological polar surface area (TPSA) is 105 Å². The summed E-state index contributed by atoms with van der Waals surface area (Å²) in [6.45, 7) is 3.33. The summed E-state index contributed by atoms with van der Waals surface area (Å²) in [7, 11) is -1.24. The van der Waals surface area contributed by atoms with E-state index in [1.54, 1.807) is 61.7 Å². The van der Waals surface area contributed by atoms with E-state index in [0.29, 0.717) is 12.2 Å². The maximum absolute atomic E-state index is 14.6. The third kappa shape index (κ3) is 8.45. The number of carbonyl (C=O) groups excluding carboxylic acids is 2. The Kier molecular flexibility index (Phi) is 11.8. The summed E-state index contributed by atoms with van der Waals surface area (Å²) in [5.74, 6) is -0.0157. The van der Waals surface area contributed by atoms with Gasteiger partial charge in [-0.2, -0.15) is 0 Å². The molecular formula is C36H41N3O6S. The summed E-state index contributed by atoms with van der Waals surface area (Å²) >= 11 is 0. The molecule has 4 aromatic rings. The van der Waals surface area contributed by atoms with Crippen molar-refractivity contribution in [3.63, 3.8) is 0 Å². The molecule has 2 amide bonds. The fourth-order valence-electron chi connectivity index (χ4n) is 5.03. The number of hydrogen-bond acceptors (Lipinski definition) is 6. The monoisotopic (exact) mass is 643 g/mol. The standard InChI is InChI=1S/C36H41N3O6S/c1-5-27(2)37-36(41)33(24-28-15-8-6-9-16-28)38(25-29-17-14-18-30(23-29)44-3)35(40)26-39(32-21-12-13-22-34(32)45-4)46(42,43)31-19-10-7-11-20-31/h6-23,27,33H,5,24-26H2,1-4H3,(H,37,41)/t27-,33+/m0/s1. The van der Waals surface area contributed by atoms with E-state index in [1.165, 1.54) is 24.1 Å². The molecule has 0 radical (unpaired) electrons. The van der Waals surface area contributed by atoms with Gasteiger partial charge in [0.15, 0.2) is 0 Å². The minimum atomic E-state index is -4.24. The van der Waals surface area contributed by atoms with E-state index in [1.807, 2.05) is 56.3 Å². The van der Waals surface area contributed by atoms with Crippen molar-refractivity contribution in [2.75, 3.05) is 25.1 Å². The third-order valence-corrected chi connectivity index (χ3v) is 9.50. The van der Waals surface area contributed by atoms with Gasteiger partial charge in [-0.3, -0.25) is 13.9 Å². The molecule has 1 N–H and O–H groups in total. The van der Waals surface area contributed by atoms with E-state index < -0.39 is 28.5 Å². The number of hydrogen-bond donors (Lipinski definition) is 1. The minimum Gasteiger partial charge on any atom is -0.497 e. The second-order valence-electron chi connectivity index (χ2n) is 10.9. The molecule has 4 aromatic carbocycles. The highest BCUT2D eigenvalue weighted by molar-refractivity contribution is 7.92. The zero-order valence-corrected chi connectivity index (χ0v) is 27.4. The van der Waals surface area contributed by atoms with Crippen molar-refractivity contribution in [1.29, 1.82) is 0 Å². The van der Waals surface area contributed by atoms with Crippen LogP contribution in [-0.4, -0.2) is 58.0 Å². The predicted octanol–water partition coefficient (Wildman–Crippen LogP) is 5.45. The lowest BCUT2D eigenvalue weighted by atomic mass is 10.0. The number of anilines is 1. The van der Waals surface area contributed by atoms with E-state index >= 15 is 0 Å². The number of methoxy groups -OCH3 is 2. The first-order valence-electron chi connectivity index (χ1n) is 15.1. The number of sulfonamides is 1. The van der Waals surface area contributed by atoms with Crippen LogP contribution in [0.5, 0.6) is 11.5 Å². The number of carbonyl (C=O) groups is 2. The van der Waals surface area contributed by atoms with Crippen molar-refractivity contribution in [3.05, 3.63) is 120 Å². The summed E-state index contributed by atoms with van der Waals surface area (Å²) in [4.78, 5) is 30.1. The summed E-state index contributed by atoms with van der Waals surface area (Å²) in [6, 6.07) is 30.2. The van der Waals surface area contributed by atoms with Crippen molar-refractivity contribution >= 4 is 27.5 Å². The number of benzene rings is 4. The minimum absolute atomic E-state index is 0.0170. The molecule has 242 valence electrons. The molecule has 0 aromatic heterocycles. The van der Waals surface area contributed by atoms with Gasteiger partial charge in [0.2, 0.25) is 11.8 Å². The Balaban J connectivity index is 1.84. The van der Waals surface area contributed by atoms with Crippen LogP contribution in [0.15, 0.2) is 114 Å². The molecule has 9 nitrogen and oxygen atoms in total. The number of para-hydroxylation sites is 2. The van der Waals surface area contributed by atoms with Gasteiger partial charge in [-0.05, 0) is 60.9 Å². The quantitative estimate of drug-likeness (QED) is 0.185. The van der Waals surface area contributed by atoms with Gasteiger partial charge in [0, 0.05) is 19.0 Å². The molecule has 0 bridgehead atoms. The zero-order chi connectivity index (χ0) is 33.1. The summed E-state index contributed by atoms with van der Waals surface area (Å²) in [6.07, 6.45) is 0.920. The summed E-state index contributed by atoms with van der Waals surface area (Å²) < 4.78 is 40.4. The average Bonchev–Trinajstić information content (AvgIpc) is 3.09. The average molecular weight is 644 g/mol. The van der Waals surface area contributed by atoms with Crippen LogP contribution in [0.4, 0.5) is 5.69 Å². The van der Waals surface area contributed by atoms with Crippen molar-refractivity contribution in [2.45, 2.75) is 50.2 Å². The normalized spacial score (nSPS) is 12.4. The van der Waals surface area contributed by atoms with E-state index in [0.717, 1.165) is 15.4 Å². The van der Waals surface area contributed by atoms with Crippen LogP contribution in [0.25, 0.3) is 0 Å². The van der Waals surface area contributed by atoms with Gasteiger partial charge in [-0.1, -0.05) is 79.7 Å². The van der Waals surface area contributed by atoms with Gasteiger partial charge in [0.25, 0.3) is 10.0 Å². The highest BCUT2D eigenvalue weighted by Crippen LogP contribution is 2.32. The second kappa shape index (κ2) is 15.9. The fourth-order valence-corrected chi connectivity index (χ4v) is 6.48. The SMILES string of the molecule is CC[C@H](C)NC(=O)[C@@H](Cc1ccccc1)N(Cc1cccc(OC)c1)C(=O)CN(c1ccccc1OC)S(=O)(=O)c1ccccc1. The van der Waals surface area contributed by atoms with Crippen LogP contribution in [-0.2, 0) is 32.6 Å². The van der Waals surface area contributed by atoms with Crippen molar-refractivity contribution < 1.29 is 27.5 Å². The lowest BCUT2D eigenvalue weighted by Gasteiger charge is -2.34. The Bertz CT molecular complexity index is 1700. The molecule has 10 heteroatoms. The molecule has 0 fully saturated rings. The second-order valence-corrected chi connectivity index (χ2v) is 12.8. The molecule has 0 saturated carbocycles. The molecule has 2 atom stereocenters. The van der Waals surface area contributed by atoms with Crippen LogP contribution in [0.1, 0.15) is 31.4 Å². The Morgan fingerprint density at radius 1 is 0.804 bits per heavy atom. The smallest absolute Gasteiger partial charge is 0.264 e. The lowest BCUT2D eigenvalue weighted by Crippen LogP contribution is -2.54. The van der Waals surface area contributed by atoms with E-state index in [2.05, 4.69) is 5.32 Å². The molecule has 46 heavy (non-hydrogen) atoms. The van der Waals surface area contributed by atoms with Crippen LogP contribution in [0.2, 0.25) is 0 Å². The number of nitrogens with one attached hydrogen (secondary N) is 1. The van der Waals surface area contributed by atoms with Crippen LogP contribution < -0.4 is 19.1 Å². The molecule has 4 rings (SSSR count). The Morgan fingerprint density at radius 3 is 2.09 bits per heavy atom. The number of nitrogens with zero attached hydrogens (tertiary/aromatic N) is 2. The van der Waals surface area contributed by atoms with Gasteiger partial charge in [-0.15, -0.1) is 0 Å². The molecule has 0 aliphatic rings. The van der Waals surface area contributed by atoms with Gasteiger partial charge < -0.3 is 19.7 Å². The highest BCUT2D eigenvalue weighted by Gasteiger charge is 2.35. The Hall–Kier alpha value is -4.83. The number of rotatable bonds is 15. The maximum atomic E-state index is 14.6. The van der Waals surface area contributed by atoms with Crippen LogP contribution >= 0.6 is 0 Å². The first kappa shape index (κ1) is 34.1. The van der Waals surface area contributed by atoms with Crippen molar-refractivity contribution in [3.8, 4) is 11.5 Å². The van der Waals surface area contributed by atoms with E-state index in [4.69, 9.17) is 9.47 Å². The van der Waals surface area contributed by atoms with E-state index in [9.17, 15) is 18.0 Å². The first-order chi connectivity index (χ1) is 22.2. The molecule has 0 saturated heterocycles. The fraction of sp³-hybridized carbons (Fsp3) is 0.278. The third-order valence-electron chi connectivity index (χ3n) is 7.72. The number of amides is 2. The summed E-state index contributed by atoms with van der Waals surface area (Å²) in [5, 5.41) is 3.04. The molecular weight excluding hydrogens is 602 g/mol. The lowest BCUT2D eigenvalue weighted by molar-refractivity contribution is -0.140. The molecule has 0 heterocycles. The largest absolute Gasteiger partial charge is 0.497 e. The molecule has 0 unspecified atom stereocenters. The Morgan fingerprint density at radius 2 is 1.43 bits per heavy atom. The molecule has 0 aliphatic carbocycles. The number of ether oxygens (including phenoxy) is 2. The summed E-state index contributed by atoms with van der Waals surface area (Å²) in [5.41, 5.74) is 1.78. The zero-order valence-electron chi connectivity index (χ0n) is 26.6. The van der Waals surface area contributed by atoms with Gasteiger partial charge in [-0.25, -0.2) is 8.42 Å². The van der Waals surface area contributed by atoms with Gasteiger partial charge >= 0.3 is 0 Å². The van der Waals surface area contributed by atoms with Crippen molar-refractivity contribution in [2.24, 2.45) is 0 Å². The van der Waals surface area contributed by atoms with E-state index in [-0.39, 0.29) is 41.2 Å². The van der Waals surface area contributed by atoms with Crippen LogP contribution in [0.3, 0.4) is 0 Å². The van der Waals surface area contributed by atoms with Gasteiger partial charge in [0.1, 0.15) is 24.1 Å². The van der Waals surface area contributed by atoms with Crippen LogP contribution in [0, 0.1) is 0 Å².